The normalized spacial score (nSPS) is 9.92. The van der Waals surface area contributed by atoms with Crippen molar-refractivity contribution in [1.29, 1.82) is 0 Å². The Morgan fingerprint density at radius 1 is 1.23 bits per heavy atom. The summed E-state index contributed by atoms with van der Waals surface area (Å²) in [6, 6.07) is 9.65. The summed E-state index contributed by atoms with van der Waals surface area (Å²) in [7, 11) is 0. The van der Waals surface area contributed by atoms with E-state index in [9.17, 15) is 0 Å². The molecule has 0 aliphatic rings. The van der Waals surface area contributed by atoms with Crippen LogP contribution in [-0.2, 0) is 0 Å². The number of nitrogens with zero attached hydrogens (tertiary/aromatic N) is 3. The Morgan fingerprint density at radius 3 is 2.69 bits per heavy atom. The van der Waals surface area contributed by atoms with Gasteiger partial charge < -0.3 is 5.43 Å². The fourth-order valence-electron chi connectivity index (χ4n) is 1.09. The second kappa shape index (κ2) is 3.24. The first-order chi connectivity index (χ1) is 6.42. The molecule has 0 radical (unpaired) electrons. The topological polar surface area (TPSA) is 68.8 Å². The van der Waals surface area contributed by atoms with E-state index in [4.69, 9.17) is 5.84 Å². The van der Waals surface area contributed by atoms with Gasteiger partial charge in [0.05, 0.1) is 11.9 Å². The molecule has 5 nitrogen and oxygen atoms in total. The molecule has 3 N–H and O–H groups in total. The predicted octanol–water partition coefficient (Wildman–Crippen LogP) is 0.553. The lowest BCUT2D eigenvalue weighted by Gasteiger charge is -2.03. The van der Waals surface area contributed by atoms with Crippen LogP contribution in [0.15, 0.2) is 36.5 Å². The number of nitrogen functional groups attached to an aromatic ring is 1. The molecule has 0 unspecified atom stereocenters. The highest BCUT2D eigenvalue weighted by molar-refractivity contribution is 5.41. The highest BCUT2D eigenvalue weighted by Gasteiger charge is 2.02. The van der Waals surface area contributed by atoms with E-state index in [1.165, 1.54) is 0 Å². The Bertz CT molecular complexity index is 380. The van der Waals surface area contributed by atoms with Gasteiger partial charge in [0.25, 0.3) is 0 Å². The van der Waals surface area contributed by atoms with Gasteiger partial charge in [-0.25, -0.2) is 5.84 Å². The van der Waals surface area contributed by atoms with Crippen molar-refractivity contribution in [3.8, 4) is 5.69 Å². The number of anilines is 1. The van der Waals surface area contributed by atoms with Crippen molar-refractivity contribution in [2.75, 3.05) is 5.43 Å². The van der Waals surface area contributed by atoms with E-state index in [1.54, 1.807) is 10.9 Å². The minimum Gasteiger partial charge on any atom is -0.307 e. The fraction of sp³-hybridized carbons (Fsp3) is 0. The van der Waals surface area contributed by atoms with Gasteiger partial charge in [0.2, 0.25) is 0 Å². The monoisotopic (exact) mass is 175 g/mol. The van der Waals surface area contributed by atoms with E-state index in [2.05, 4.69) is 15.7 Å². The average molecular weight is 175 g/mol. The summed E-state index contributed by atoms with van der Waals surface area (Å²) in [5.74, 6) is 5.94. The average Bonchev–Trinajstić information content (AvgIpc) is 2.67. The summed E-state index contributed by atoms with van der Waals surface area (Å²) < 4.78 is 1.62. The maximum absolute atomic E-state index is 5.28. The molecule has 0 amide bonds. The number of aromatic nitrogens is 3. The van der Waals surface area contributed by atoms with Gasteiger partial charge in [-0.3, -0.25) is 0 Å². The van der Waals surface area contributed by atoms with E-state index in [0.717, 1.165) is 5.69 Å². The second-order valence-corrected chi connectivity index (χ2v) is 2.51. The van der Waals surface area contributed by atoms with Crippen LogP contribution in [0.25, 0.3) is 5.69 Å². The molecule has 2 rings (SSSR count). The molecule has 0 bridgehead atoms. The molecule has 0 atom stereocenters. The number of hydrazine groups is 1. The van der Waals surface area contributed by atoms with Gasteiger partial charge in [-0.05, 0) is 12.1 Å². The zero-order chi connectivity index (χ0) is 9.10. The molecule has 1 aromatic carbocycles. The van der Waals surface area contributed by atoms with Crippen LogP contribution in [0.4, 0.5) is 5.82 Å². The van der Waals surface area contributed by atoms with Crippen LogP contribution in [0, 0.1) is 0 Å². The van der Waals surface area contributed by atoms with Crippen molar-refractivity contribution in [2.45, 2.75) is 0 Å². The molecule has 0 aliphatic heterocycles. The largest absolute Gasteiger partial charge is 0.307 e. The molecule has 0 saturated carbocycles. The van der Waals surface area contributed by atoms with E-state index < -0.39 is 0 Å². The summed E-state index contributed by atoms with van der Waals surface area (Å²) in [4.78, 5) is 0. The van der Waals surface area contributed by atoms with Crippen LogP contribution in [0.5, 0.6) is 0 Å². The number of rotatable bonds is 2. The third-order valence-electron chi connectivity index (χ3n) is 1.70. The molecule has 2 aromatic rings. The molecule has 5 heteroatoms. The first-order valence-corrected chi connectivity index (χ1v) is 3.84. The van der Waals surface area contributed by atoms with Crippen molar-refractivity contribution in [3.63, 3.8) is 0 Å². The summed E-state index contributed by atoms with van der Waals surface area (Å²) in [5, 5.41) is 7.62. The highest BCUT2D eigenvalue weighted by Crippen LogP contribution is 2.10. The highest BCUT2D eigenvalue weighted by atomic mass is 15.5. The van der Waals surface area contributed by atoms with E-state index in [1.807, 2.05) is 30.3 Å². The van der Waals surface area contributed by atoms with Gasteiger partial charge in [-0.1, -0.05) is 23.4 Å². The van der Waals surface area contributed by atoms with Gasteiger partial charge in [0.1, 0.15) is 0 Å². The molecular weight excluding hydrogens is 166 g/mol. The van der Waals surface area contributed by atoms with Crippen molar-refractivity contribution in [1.82, 2.24) is 15.0 Å². The molecule has 66 valence electrons. The third kappa shape index (κ3) is 1.36. The first kappa shape index (κ1) is 7.75. The van der Waals surface area contributed by atoms with Crippen LogP contribution in [0.3, 0.4) is 0 Å². The number of hydrogen-bond acceptors (Lipinski definition) is 4. The fourth-order valence-corrected chi connectivity index (χ4v) is 1.09. The number of para-hydroxylation sites is 1. The first-order valence-electron chi connectivity index (χ1n) is 3.84. The van der Waals surface area contributed by atoms with Crippen LogP contribution >= 0.6 is 0 Å². The van der Waals surface area contributed by atoms with Crippen molar-refractivity contribution in [3.05, 3.63) is 36.5 Å². The van der Waals surface area contributed by atoms with E-state index >= 15 is 0 Å². The predicted molar refractivity (Wildman–Crippen MR) is 49.2 cm³/mol. The molecule has 0 fully saturated rings. The van der Waals surface area contributed by atoms with E-state index in [0.29, 0.717) is 5.82 Å². The van der Waals surface area contributed by atoms with Crippen molar-refractivity contribution in [2.24, 2.45) is 5.84 Å². The maximum Gasteiger partial charge on any atom is 0.164 e. The summed E-state index contributed by atoms with van der Waals surface area (Å²) >= 11 is 0. The molecule has 1 heterocycles. The lowest BCUT2D eigenvalue weighted by Crippen LogP contribution is -2.11. The molecule has 0 spiro atoms. The summed E-state index contributed by atoms with van der Waals surface area (Å²) in [6.07, 6.45) is 1.56. The standard InChI is InChI=1S/C8H9N5/c9-11-8-6-10-12-13(8)7-4-2-1-3-5-7/h1-6,11H,9H2. The van der Waals surface area contributed by atoms with Gasteiger partial charge in [-0.15, -0.1) is 5.10 Å². The Labute approximate surface area is 75.1 Å². The van der Waals surface area contributed by atoms with Gasteiger partial charge in [0, 0.05) is 0 Å². The number of hydrogen-bond donors (Lipinski definition) is 2. The third-order valence-corrected chi connectivity index (χ3v) is 1.70. The molecule has 0 saturated heterocycles. The van der Waals surface area contributed by atoms with Crippen molar-refractivity contribution < 1.29 is 0 Å². The van der Waals surface area contributed by atoms with Crippen LogP contribution in [0.1, 0.15) is 0 Å². The Kier molecular flexibility index (Phi) is 1.93. The van der Waals surface area contributed by atoms with Gasteiger partial charge in [0.15, 0.2) is 5.82 Å². The minimum absolute atomic E-state index is 0.659. The van der Waals surface area contributed by atoms with Crippen LogP contribution in [-0.4, -0.2) is 15.0 Å². The Hall–Kier alpha value is -1.88. The van der Waals surface area contributed by atoms with Gasteiger partial charge in [-0.2, -0.15) is 4.68 Å². The van der Waals surface area contributed by atoms with Crippen LogP contribution in [0.2, 0.25) is 0 Å². The number of nitrogens with one attached hydrogen (secondary N) is 1. The smallest absolute Gasteiger partial charge is 0.164 e. The molecule has 1 aromatic heterocycles. The maximum atomic E-state index is 5.28. The molecule has 0 aliphatic carbocycles. The quantitative estimate of drug-likeness (QED) is 0.516. The lowest BCUT2D eigenvalue weighted by atomic mass is 10.3. The Morgan fingerprint density at radius 2 is 2.00 bits per heavy atom. The van der Waals surface area contributed by atoms with Gasteiger partial charge >= 0.3 is 0 Å². The van der Waals surface area contributed by atoms with Crippen LogP contribution < -0.4 is 11.3 Å². The van der Waals surface area contributed by atoms with Crippen molar-refractivity contribution >= 4 is 5.82 Å². The minimum atomic E-state index is 0.659. The lowest BCUT2D eigenvalue weighted by molar-refractivity contribution is 0.805. The summed E-state index contributed by atoms with van der Waals surface area (Å²) in [6.45, 7) is 0. The number of benzene rings is 1. The molecule has 13 heavy (non-hydrogen) atoms. The van der Waals surface area contributed by atoms with E-state index in [-0.39, 0.29) is 0 Å². The Balaban J connectivity index is 2.47. The number of nitrogens with two attached hydrogens (primary N) is 1. The zero-order valence-electron chi connectivity index (χ0n) is 6.88. The summed E-state index contributed by atoms with van der Waals surface area (Å²) in [5.41, 5.74) is 3.44. The molecular formula is C8H9N5. The SMILES string of the molecule is NNc1cnnn1-c1ccccc1. The second-order valence-electron chi connectivity index (χ2n) is 2.51. The zero-order valence-corrected chi connectivity index (χ0v) is 6.88.